The molecule has 0 aliphatic carbocycles. The highest BCUT2D eigenvalue weighted by atomic mass is 16.5. The molecule has 1 aromatic rings. The first-order valence-corrected chi connectivity index (χ1v) is 13.1. The molecule has 8 nitrogen and oxygen atoms in total. The van der Waals surface area contributed by atoms with Crippen LogP contribution in [-0.2, 0) is 24.5 Å². The van der Waals surface area contributed by atoms with Gasteiger partial charge in [-0.15, -0.1) is 0 Å². The van der Waals surface area contributed by atoms with Gasteiger partial charge in [-0.25, -0.2) is 0 Å². The van der Waals surface area contributed by atoms with Crippen molar-refractivity contribution in [2.45, 2.75) is 89.9 Å². The summed E-state index contributed by atoms with van der Waals surface area (Å²) in [4.78, 5) is 55.9. The van der Waals surface area contributed by atoms with Gasteiger partial charge in [0.2, 0.25) is 5.91 Å². The molecular formula is C28H39N3O5. The molecule has 196 valence electrons. The van der Waals surface area contributed by atoms with Crippen LogP contribution in [0.3, 0.4) is 0 Å². The maximum Gasteiger partial charge on any atom is 0.252 e. The molecule has 0 saturated carbocycles. The molecular weight excluding hydrogens is 458 g/mol. The van der Waals surface area contributed by atoms with Crippen LogP contribution in [0, 0.1) is 5.92 Å². The van der Waals surface area contributed by atoms with E-state index in [4.69, 9.17) is 4.74 Å². The summed E-state index contributed by atoms with van der Waals surface area (Å²) >= 11 is 0. The van der Waals surface area contributed by atoms with Crippen molar-refractivity contribution >= 4 is 23.5 Å². The first-order chi connectivity index (χ1) is 17.0. The number of ketones is 1. The number of ether oxygens (including phenoxy) is 1. The maximum atomic E-state index is 13.7. The van der Waals surface area contributed by atoms with Gasteiger partial charge in [-0.2, -0.15) is 0 Å². The van der Waals surface area contributed by atoms with Gasteiger partial charge < -0.3 is 19.9 Å². The van der Waals surface area contributed by atoms with Crippen molar-refractivity contribution in [1.29, 1.82) is 0 Å². The van der Waals surface area contributed by atoms with Crippen LogP contribution in [0.25, 0.3) is 0 Å². The van der Waals surface area contributed by atoms with E-state index in [1.165, 1.54) is 0 Å². The van der Waals surface area contributed by atoms with Crippen molar-refractivity contribution in [2.24, 2.45) is 5.92 Å². The van der Waals surface area contributed by atoms with Gasteiger partial charge in [0.15, 0.2) is 5.78 Å². The van der Waals surface area contributed by atoms with E-state index in [0.717, 1.165) is 12.0 Å². The Balaban J connectivity index is 1.47. The monoisotopic (exact) mass is 497 g/mol. The number of benzene rings is 1. The normalized spacial score (nSPS) is 24.8. The Morgan fingerprint density at radius 2 is 1.78 bits per heavy atom. The fourth-order valence-electron chi connectivity index (χ4n) is 5.57. The third-order valence-corrected chi connectivity index (χ3v) is 7.52. The highest BCUT2D eigenvalue weighted by molar-refractivity contribution is 6.01. The van der Waals surface area contributed by atoms with Crippen molar-refractivity contribution in [2.75, 3.05) is 19.7 Å². The average Bonchev–Trinajstić information content (AvgIpc) is 3.56. The predicted octanol–water partition coefficient (Wildman–Crippen LogP) is 2.69. The van der Waals surface area contributed by atoms with Gasteiger partial charge in [-0.3, -0.25) is 19.2 Å². The van der Waals surface area contributed by atoms with Crippen molar-refractivity contribution < 1.29 is 23.9 Å². The first-order valence-electron chi connectivity index (χ1n) is 13.1. The van der Waals surface area contributed by atoms with Crippen molar-refractivity contribution in [3.05, 3.63) is 35.4 Å². The molecule has 4 atom stereocenters. The Kier molecular flexibility index (Phi) is 7.55. The third-order valence-electron chi connectivity index (χ3n) is 7.52. The standard InChI is InChI=1S/C28H39N3O5/c1-17(2)15-20(29-25(33)18-8-10-19(11-9-18)28(3,4)5)26(34)30-13-12-21-24(30)22(32)16-31(21)27(35)23-7-6-14-36-23/h8-11,17,20-21,23-24H,6-7,12-16H2,1-5H3,(H,29,33). The summed E-state index contributed by atoms with van der Waals surface area (Å²) in [7, 11) is 0. The first kappa shape index (κ1) is 26.3. The Morgan fingerprint density at radius 3 is 2.36 bits per heavy atom. The molecule has 0 bridgehead atoms. The zero-order valence-corrected chi connectivity index (χ0v) is 22.1. The van der Waals surface area contributed by atoms with Gasteiger partial charge in [0, 0.05) is 18.7 Å². The van der Waals surface area contributed by atoms with E-state index >= 15 is 0 Å². The lowest BCUT2D eigenvalue weighted by atomic mass is 9.86. The van der Waals surface area contributed by atoms with Gasteiger partial charge in [-0.1, -0.05) is 46.8 Å². The smallest absolute Gasteiger partial charge is 0.252 e. The number of carbonyl (C=O) groups is 4. The number of Topliss-reactive ketones (excluding diaryl/α,β-unsaturated/α-hetero) is 1. The van der Waals surface area contributed by atoms with Crippen molar-refractivity contribution in [3.8, 4) is 0 Å². The van der Waals surface area contributed by atoms with E-state index in [-0.39, 0.29) is 47.4 Å². The molecule has 0 radical (unpaired) electrons. The molecule has 3 amide bonds. The molecule has 0 spiro atoms. The van der Waals surface area contributed by atoms with E-state index in [9.17, 15) is 19.2 Å². The quantitative estimate of drug-likeness (QED) is 0.652. The molecule has 4 rings (SSSR count). The fraction of sp³-hybridized carbons (Fsp3) is 0.643. The van der Waals surface area contributed by atoms with E-state index in [1.807, 2.05) is 26.0 Å². The number of fused-ring (bicyclic) bond motifs is 1. The van der Waals surface area contributed by atoms with E-state index in [1.54, 1.807) is 21.9 Å². The van der Waals surface area contributed by atoms with Crippen LogP contribution >= 0.6 is 0 Å². The number of likely N-dealkylation sites (tertiary alicyclic amines) is 2. The van der Waals surface area contributed by atoms with Crippen LogP contribution in [0.15, 0.2) is 24.3 Å². The Morgan fingerprint density at radius 1 is 1.08 bits per heavy atom. The molecule has 36 heavy (non-hydrogen) atoms. The number of hydrogen-bond donors (Lipinski definition) is 1. The second-order valence-corrected chi connectivity index (χ2v) is 11.7. The molecule has 3 aliphatic rings. The molecule has 4 unspecified atom stereocenters. The summed E-state index contributed by atoms with van der Waals surface area (Å²) in [5.41, 5.74) is 1.60. The summed E-state index contributed by atoms with van der Waals surface area (Å²) in [5, 5.41) is 2.93. The second kappa shape index (κ2) is 10.3. The zero-order chi connectivity index (χ0) is 26.2. The second-order valence-electron chi connectivity index (χ2n) is 11.7. The largest absolute Gasteiger partial charge is 0.368 e. The number of nitrogens with one attached hydrogen (secondary N) is 1. The molecule has 1 N–H and O–H groups in total. The highest BCUT2D eigenvalue weighted by Gasteiger charge is 2.53. The minimum Gasteiger partial charge on any atom is -0.368 e. The lowest BCUT2D eigenvalue weighted by molar-refractivity contribution is -0.142. The fourth-order valence-corrected chi connectivity index (χ4v) is 5.57. The minimum atomic E-state index is -0.741. The molecule has 0 aromatic heterocycles. The summed E-state index contributed by atoms with van der Waals surface area (Å²) in [6.07, 6.45) is 2.04. The maximum absolute atomic E-state index is 13.7. The van der Waals surface area contributed by atoms with Crippen LogP contribution < -0.4 is 5.32 Å². The number of rotatable bonds is 6. The van der Waals surface area contributed by atoms with Gasteiger partial charge in [-0.05, 0) is 54.7 Å². The number of amides is 3. The predicted molar refractivity (Wildman–Crippen MR) is 135 cm³/mol. The number of carbonyl (C=O) groups excluding carboxylic acids is 4. The third kappa shape index (κ3) is 5.33. The summed E-state index contributed by atoms with van der Waals surface area (Å²) in [5.74, 6) is -0.662. The topological polar surface area (TPSA) is 96.0 Å². The lowest BCUT2D eigenvalue weighted by Crippen LogP contribution is -2.53. The highest BCUT2D eigenvalue weighted by Crippen LogP contribution is 2.32. The van der Waals surface area contributed by atoms with Gasteiger partial charge in [0.05, 0.1) is 12.6 Å². The molecule has 3 heterocycles. The van der Waals surface area contributed by atoms with Crippen LogP contribution in [0.5, 0.6) is 0 Å². The number of hydrogen-bond acceptors (Lipinski definition) is 5. The van der Waals surface area contributed by atoms with Crippen molar-refractivity contribution in [3.63, 3.8) is 0 Å². The average molecular weight is 498 g/mol. The SMILES string of the molecule is CC(C)CC(NC(=O)c1ccc(C(C)(C)C)cc1)C(=O)N1CCC2C1C(=O)CN2C(=O)C1CCCO1. The summed E-state index contributed by atoms with van der Waals surface area (Å²) < 4.78 is 5.55. The molecule has 8 heteroatoms. The van der Waals surface area contributed by atoms with E-state index in [2.05, 4.69) is 26.1 Å². The van der Waals surface area contributed by atoms with Crippen LogP contribution in [0.2, 0.25) is 0 Å². The van der Waals surface area contributed by atoms with Gasteiger partial charge in [0.25, 0.3) is 11.8 Å². The van der Waals surface area contributed by atoms with Crippen LogP contribution in [-0.4, -0.2) is 77.2 Å². The van der Waals surface area contributed by atoms with Gasteiger partial charge >= 0.3 is 0 Å². The minimum absolute atomic E-state index is 0.0130. The Hall–Kier alpha value is -2.74. The van der Waals surface area contributed by atoms with Crippen LogP contribution in [0.1, 0.15) is 76.2 Å². The zero-order valence-electron chi connectivity index (χ0n) is 22.1. The van der Waals surface area contributed by atoms with Crippen LogP contribution in [0.4, 0.5) is 0 Å². The Labute approximate surface area is 213 Å². The molecule has 1 aromatic carbocycles. The molecule has 3 fully saturated rings. The summed E-state index contributed by atoms with van der Waals surface area (Å²) in [6, 6.07) is 5.74. The van der Waals surface area contributed by atoms with E-state index in [0.29, 0.717) is 38.0 Å². The van der Waals surface area contributed by atoms with E-state index < -0.39 is 18.2 Å². The van der Waals surface area contributed by atoms with Crippen molar-refractivity contribution in [1.82, 2.24) is 15.1 Å². The molecule has 3 saturated heterocycles. The van der Waals surface area contributed by atoms with Gasteiger partial charge in [0.1, 0.15) is 18.2 Å². The molecule has 3 aliphatic heterocycles. The summed E-state index contributed by atoms with van der Waals surface area (Å²) in [6.45, 7) is 11.3. The Bertz CT molecular complexity index is 1010. The lowest BCUT2D eigenvalue weighted by Gasteiger charge is -2.29. The number of nitrogens with zero attached hydrogens (tertiary/aromatic N) is 2.